The van der Waals surface area contributed by atoms with Crippen LogP contribution in [0.15, 0.2) is 36.5 Å². The van der Waals surface area contributed by atoms with Crippen molar-refractivity contribution in [3.63, 3.8) is 0 Å². The molecule has 2 aromatic rings. The SMILES string of the molecule is CCCCN(CC#Cc1ccccc1)C(=O)c1cnc(N(C)C)nc1C. The van der Waals surface area contributed by atoms with Crippen LogP contribution in [0.3, 0.4) is 0 Å². The number of anilines is 1. The Hall–Kier alpha value is -2.87. The summed E-state index contributed by atoms with van der Waals surface area (Å²) >= 11 is 0. The number of hydrogen-bond donors (Lipinski definition) is 0. The van der Waals surface area contributed by atoms with E-state index in [1.54, 1.807) is 11.1 Å². The van der Waals surface area contributed by atoms with Crippen LogP contribution in [-0.2, 0) is 0 Å². The highest BCUT2D eigenvalue weighted by Gasteiger charge is 2.18. The Kier molecular flexibility index (Phi) is 7.16. The zero-order chi connectivity index (χ0) is 18.9. The van der Waals surface area contributed by atoms with Crippen molar-refractivity contribution in [3.05, 3.63) is 53.3 Å². The van der Waals surface area contributed by atoms with E-state index in [1.165, 1.54) is 0 Å². The van der Waals surface area contributed by atoms with E-state index in [0.29, 0.717) is 30.3 Å². The number of rotatable bonds is 6. The molecule has 1 heterocycles. The molecule has 26 heavy (non-hydrogen) atoms. The number of carbonyl (C=O) groups is 1. The second kappa shape index (κ2) is 9.57. The van der Waals surface area contributed by atoms with E-state index in [4.69, 9.17) is 0 Å². The second-order valence-electron chi connectivity index (χ2n) is 6.31. The molecule has 0 aliphatic rings. The molecule has 0 aliphatic carbocycles. The largest absolute Gasteiger partial charge is 0.347 e. The van der Waals surface area contributed by atoms with Gasteiger partial charge in [0, 0.05) is 32.4 Å². The maximum absolute atomic E-state index is 13.0. The average molecular weight is 350 g/mol. The predicted octanol–water partition coefficient (Wildman–Crippen LogP) is 3.15. The van der Waals surface area contributed by atoms with Gasteiger partial charge >= 0.3 is 0 Å². The highest BCUT2D eigenvalue weighted by Crippen LogP contribution is 2.12. The van der Waals surface area contributed by atoms with Crippen LogP contribution >= 0.6 is 0 Å². The van der Waals surface area contributed by atoms with E-state index in [-0.39, 0.29) is 5.91 Å². The van der Waals surface area contributed by atoms with E-state index in [0.717, 1.165) is 18.4 Å². The molecule has 0 fully saturated rings. The first-order valence-electron chi connectivity index (χ1n) is 8.87. The Morgan fingerprint density at radius 3 is 2.54 bits per heavy atom. The Morgan fingerprint density at radius 1 is 1.19 bits per heavy atom. The molecule has 0 unspecified atom stereocenters. The van der Waals surface area contributed by atoms with Gasteiger partial charge in [-0.25, -0.2) is 9.97 Å². The number of carbonyl (C=O) groups excluding carboxylic acids is 1. The summed E-state index contributed by atoms with van der Waals surface area (Å²) in [5.41, 5.74) is 2.17. The van der Waals surface area contributed by atoms with Crippen LogP contribution in [0, 0.1) is 18.8 Å². The number of hydrogen-bond acceptors (Lipinski definition) is 4. The second-order valence-corrected chi connectivity index (χ2v) is 6.31. The van der Waals surface area contributed by atoms with E-state index in [1.807, 2.05) is 56.3 Å². The standard InChI is InChI=1S/C21H26N4O/c1-5-6-14-25(15-10-13-18-11-8-7-9-12-18)20(26)19-16-22-21(24(3)4)23-17(19)2/h7-9,11-12,16H,5-6,14-15H2,1-4H3. The zero-order valence-electron chi connectivity index (χ0n) is 16.0. The van der Waals surface area contributed by atoms with Crippen molar-refractivity contribution >= 4 is 11.9 Å². The van der Waals surface area contributed by atoms with Gasteiger partial charge in [-0.05, 0) is 25.5 Å². The molecule has 0 saturated heterocycles. The summed E-state index contributed by atoms with van der Waals surface area (Å²) in [6.45, 7) is 5.02. The van der Waals surface area contributed by atoms with E-state index in [2.05, 4.69) is 28.7 Å². The number of aromatic nitrogens is 2. The van der Waals surface area contributed by atoms with Crippen molar-refractivity contribution in [3.8, 4) is 11.8 Å². The molecule has 136 valence electrons. The molecular weight excluding hydrogens is 324 g/mol. The minimum Gasteiger partial charge on any atom is -0.347 e. The van der Waals surface area contributed by atoms with Crippen LogP contribution in [0.2, 0.25) is 0 Å². The van der Waals surface area contributed by atoms with Gasteiger partial charge in [-0.3, -0.25) is 4.79 Å². The summed E-state index contributed by atoms with van der Waals surface area (Å²) in [7, 11) is 3.76. The first-order valence-corrected chi connectivity index (χ1v) is 8.87. The van der Waals surface area contributed by atoms with Gasteiger partial charge in [0.05, 0.1) is 17.8 Å². The molecule has 5 heteroatoms. The van der Waals surface area contributed by atoms with Gasteiger partial charge in [-0.1, -0.05) is 43.4 Å². The number of aryl methyl sites for hydroxylation is 1. The first kappa shape index (κ1) is 19.5. The third kappa shape index (κ3) is 5.32. The molecule has 0 radical (unpaired) electrons. The van der Waals surface area contributed by atoms with Crippen molar-refractivity contribution in [2.75, 3.05) is 32.1 Å². The van der Waals surface area contributed by atoms with Gasteiger partial charge < -0.3 is 9.80 Å². The summed E-state index contributed by atoms with van der Waals surface area (Å²) in [6, 6.07) is 9.79. The molecule has 0 atom stereocenters. The lowest BCUT2D eigenvalue weighted by atomic mass is 10.2. The van der Waals surface area contributed by atoms with Gasteiger partial charge in [0.15, 0.2) is 0 Å². The Bertz CT molecular complexity index is 791. The molecule has 2 rings (SSSR count). The molecular formula is C21H26N4O. The maximum Gasteiger partial charge on any atom is 0.258 e. The zero-order valence-corrected chi connectivity index (χ0v) is 16.0. The fraction of sp³-hybridized carbons (Fsp3) is 0.381. The van der Waals surface area contributed by atoms with Gasteiger partial charge in [0.25, 0.3) is 5.91 Å². The normalized spacial score (nSPS) is 10.0. The third-order valence-electron chi connectivity index (χ3n) is 3.94. The average Bonchev–Trinajstić information content (AvgIpc) is 2.64. The smallest absolute Gasteiger partial charge is 0.258 e. The molecule has 1 amide bonds. The Labute approximate surface area is 156 Å². The van der Waals surface area contributed by atoms with Gasteiger partial charge in [-0.15, -0.1) is 0 Å². The highest BCUT2D eigenvalue weighted by molar-refractivity contribution is 5.95. The lowest BCUT2D eigenvalue weighted by Gasteiger charge is -2.21. The van der Waals surface area contributed by atoms with Crippen LogP contribution in [-0.4, -0.2) is 48.0 Å². The lowest BCUT2D eigenvalue weighted by molar-refractivity contribution is 0.0773. The first-order chi connectivity index (χ1) is 12.5. The quantitative estimate of drug-likeness (QED) is 0.751. The van der Waals surface area contributed by atoms with Crippen molar-refractivity contribution in [2.24, 2.45) is 0 Å². The predicted molar refractivity (Wildman–Crippen MR) is 105 cm³/mol. The van der Waals surface area contributed by atoms with E-state index in [9.17, 15) is 4.79 Å². The fourth-order valence-electron chi connectivity index (χ4n) is 2.41. The third-order valence-corrected chi connectivity index (χ3v) is 3.94. The maximum atomic E-state index is 13.0. The lowest BCUT2D eigenvalue weighted by Crippen LogP contribution is -2.33. The summed E-state index contributed by atoms with van der Waals surface area (Å²) < 4.78 is 0. The van der Waals surface area contributed by atoms with Gasteiger partial charge in [0.2, 0.25) is 5.95 Å². The number of amides is 1. The van der Waals surface area contributed by atoms with E-state index < -0.39 is 0 Å². The minimum atomic E-state index is -0.0661. The minimum absolute atomic E-state index is 0.0661. The number of nitrogens with zero attached hydrogens (tertiary/aromatic N) is 4. The molecule has 5 nitrogen and oxygen atoms in total. The van der Waals surface area contributed by atoms with Crippen LogP contribution in [0.25, 0.3) is 0 Å². The van der Waals surface area contributed by atoms with Gasteiger partial charge in [0.1, 0.15) is 0 Å². The van der Waals surface area contributed by atoms with Crippen LogP contribution in [0.4, 0.5) is 5.95 Å². The fourth-order valence-corrected chi connectivity index (χ4v) is 2.41. The Morgan fingerprint density at radius 2 is 1.92 bits per heavy atom. The summed E-state index contributed by atoms with van der Waals surface area (Å²) in [4.78, 5) is 25.3. The van der Waals surface area contributed by atoms with Crippen molar-refractivity contribution in [1.29, 1.82) is 0 Å². The van der Waals surface area contributed by atoms with Crippen molar-refractivity contribution in [1.82, 2.24) is 14.9 Å². The van der Waals surface area contributed by atoms with Crippen molar-refractivity contribution in [2.45, 2.75) is 26.7 Å². The number of benzene rings is 1. The molecule has 0 spiro atoms. The van der Waals surface area contributed by atoms with Crippen LogP contribution in [0.5, 0.6) is 0 Å². The summed E-state index contributed by atoms with van der Waals surface area (Å²) in [5, 5.41) is 0. The molecule has 0 saturated carbocycles. The molecule has 0 aliphatic heterocycles. The Balaban J connectivity index is 2.18. The molecule has 0 N–H and O–H groups in total. The van der Waals surface area contributed by atoms with Crippen LogP contribution < -0.4 is 4.90 Å². The van der Waals surface area contributed by atoms with Crippen LogP contribution in [0.1, 0.15) is 41.4 Å². The van der Waals surface area contributed by atoms with Crippen molar-refractivity contribution < 1.29 is 4.79 Å². The number of unbranched alkanes of at least 4 members (excludes halogenated alkanes) is 1. The molecule has 0 bridgehead atoms. The summed E-state index contributed by atoms with van der Waals surface area (Å²) in [5.74, 6) is 6.77. The molecule has 1 aromatic carbocycles. The van der Waals surface area contributed by atoms with Gasteiger partial charge in [-0.2, -0.15) is 0 Å². The summed E-state index contributed by atoms with van der Waals surface area (Å²) in [6.07, 6.45) is 3.57. The topological polar surface area (TPSA) is 49.3 Å². The monoisotopic (exact) mass is 350 g/mol. The highest BCUT2D eigenvalue weighted by atomic mass is 16.2. The van der Waals surface area contributed by atoms with E-state index >= 15 is 0 Å². The molecule has 1 aromatic heterocycles.